The average Bonchev–Trinajstić information content (AvgIpc) is 2.36. The lowest BCUT2D eigenvalue weighted by atomic mass is 9.86. The maximum atomic E-state index is 7.58. The number of aryl methyl sites for hydroxylation is 1. The van der Waals surface area contributed by atoms with Gasteiger partial charge in [-0.1, -0.05) is 31.5 Å². The molecule has 0 aliphatic rings. The molecule has 0 fully saturated rings. The summed E-state index contributed by atoms with van der Waals surface area (Å²) >= 11 is 0. The Kier molecular flexibility index (Phi) is 5.40. The first-order chi connectivity index (χ1) is 8.86. The average molecular weight is 261 g/mol. The van der Waals surface area contributed by atoms with Crippen LogP contribution in [0, 0.1) is 17.7 Å². The zero-order chi connectivity index (χ0) is 14.5. The molecule has 1 aromatic carbocycles. The third kappa shape index (κ3) is 4.58. The predicted molar refractivity (Wildman–Crippen MR) is 84.0 cm³/mol. The normalized spacial score (nSPS) is 11.4. The van der Waals surface area contributed by atoms with Crippen LogP contribution in [-0.2, 0) is 0 Å². The molecule has 0 heterocycles. The number of benzene rings is 1. The SMILES string of the molecule is CCN(CCCC(C)(C)C(=N)N)c1ccc(C)cc1. The van der Waals surface area contributed by atoms with Gasteiger partial charge in [0.15, 0.2) is 0 Å². The van der Waals surface area contributed by atoms with Crippen LogP contribution in [0.25, 0.3) is 0 Å². The van der Waals surface area contributed by atoms with E-state index in [0.717, 1.165) is 25.9 Å². The van der Waals surface area contributed by atoms with Gasteiger partial charge in [-0.2, -0.15) is 0 Å². The van der Waals surface area contributed by atoms with E-state index < -0.39 is 0 Å². The van der Waals surface area contributed by atoms with Gasteiger partial charge in [-0.05, 0) is 38.8 Å². The second-order valence-electron chi connectivity index (χ2n) is 5.82. The molecule has 1 aromatic rings. The molecule has 106 valence electrons. The molecular formula is C16H27N3. The summed E-state index contributed by atoms with van der Waals surface area (Å²) in [5.41, 5.74) is 7.99. The van der Waals surface area contributed by atoms with Crippen LogP contribution in [-0.4, -0.2) is 18.9 Å². The Bertz CT molecular complexity index is 407. The molecule has 0 aromatic heterocycles. The molecule has 0 atom stereocenters. The molecule has 1 rings (SSSR count). The minimum absolute atomic E-state index is 0.188. The van der Waals surface area contributed by atoms with Crippen molar-refractivity contribution >= 4 is 11.5 Å². The number of nitrogens with zero attached hydrogens (tertiary/aromatic N) is 1. The molecule has 0 aliphatic carbocycles. The van der Waals surface area contributed by atoms with Crippen molar-refractivity contribution in [2.45, 2.75) is 40.5 Å². The Morgan fingerprint density at radius 1 is 1.26 bits per heavy atom. The van der Waals surface area contributed by atoms with Crippen molar-refractivity contribution < 1.29 is 0 Å². The molecule has 3 heteroatoms. The zero-order valence-corrected chi connectivity index (χ0v) is 12.7. The summed E-state index contributed by atoms with van der Waals surface area (Å²) in [7, 11) is 0. The third-order valence-electron chi connectivity index (χ3n) is 3.74. The lowest BCUT2D eigenvalue weighted by Crippen LogP contribution is -2.32. The van der Waals surface area contributed by atoms with E-state index >= 15 is 0 Å². The van der Waals surface area contributed by atoms with Gasteiger partial charge in [0, 0.05) is 24.2 Å². The first-order valence-electron chi connectivity index (χ1n) is 7.03. The lowest BCUT2D eigenvalue weighted by molar-refractivity contribution is 0.450. The van der Waals surface area contributed by atoms with Crippen molar-refractivity contribution in [1.29, 1.82) is 5.41 Å². The Labute approximate surface area is 117 Å². The van der Waals surface area contributed by atoms with Crippen LogP contribution in [0.2, 0.25) is 0 Å². The second kappa shape index (κ2) is 6.60. The van der Waals surface area contributed by atoms with Gasteiger partial charge in [-0.25, -0.2) is 0 Å². The van der Waals surface area contributed by atoms with Crippen LogP contribution in [0.5, 0.6) is 0 Å². The molecule has 3 nitrogen and oxygen atoms in total. The minimum atomic E-state index is -0.188. The first-order valence-corrected chi connectivity index (χ1v) is 7.03. The summed E-state index contributed by atoms with van der Waals surface area (Å²) in [5, 5.41) is 7.58. The molecule has 0 unspecified atom stereocenters. The Hall–Kier alpha value is -1.51. The topological polar surface area (TPSA) is 53.1 Å². The van der Waals surface area contributed by atoms with Gasteiger partial charge in [0.25, 0.3) is 0 Å². The quantitative estimate of drug-likeness (QED) is 0.582. The molecule has 0 amide bonds. The summed E-state index contributed by atoms with van der Waals surface area (Å²) in [6, 6.07) is 8.65. The second-order valence-corrected chi connectivity index (χ2v) is 5.82. The molecule has 0 bridgehead atoms. The highest BCUT2D eigenvalue weighted by atomic mass is 15.1. The molecule has 3 N–H and O–H groups in total. The summed E-state index contributed by atoms with van der Waals surface area (Å²) in [6.45, 7) is 10.4. The van der Waals surface area contributed by atoms with Crippen molar-refractivity contribution in [1.82, 2.24) is 0 Å². The number of nitrogens with two attached hydrogens (primary N) is 1. The van der Waals surface area contributed by atoms with Gasteiger partial charge < -0.3 is 10.6 Å². The lowest BCUT2D eigenvalue weighted by Gasteiger charge is -2.27. The van der Waals surface area contributed by atoms with E-state index in [4.69, 9.17) is 11.1 Å². The zero-order valence-electron chi connectivity index (χ0n) is 12.7. The number of anilines is 1. The van der Waals surface area contributed by atoms with Gasteiger partial charge in [0.1, 0.15) is 0 Å². The van der Waals surface area contributed by atoms with Crippen LogP contribution in [0.4, 0.5) is 5.69 Å². The molecule has 19 heavy (non-hydrogen) atoms. The highest BCUT2D eigenvalue weighted by Crippen LogP contribution is 2.23. The molecular weight excluding hydrogens is 234 g/mol. The fraction of sp³-hybridized carbons (Fsp3) is 0.562. The summed E-state index contributed by atoms with van der Waals surface area (Å²) < 4.78 is 0. The monoisotopic (exact) mass is 261 g/mol. The number of rotatable bonds is 7. The van der Waals surface area contributed by atoms with Crippen LogP contribution < -0.4 is 10.6 Å². The Morgan fingerprint density at radius 2 is 1.84 bits per heavy atom. The van der Waals surface area contributed by atoms with Crippen molar-refractivity contribution in [2.24, 2.45) is 11.1 Å². The predicted octanol–water partition coefficient (Wildman–Crippen LogP) is 3.56. The summed E-state index contributed by atoms with van der Waals surface area (Å²) in [5.74, 6) is 0.283. The summed E-state index contributed by atoms with van der Waals surface area (Å²) in [6.07, 6.45) is 2.00. The van der Waals surface area contributed by atoms with Crippen molar-refractivity contribution in [3.8, 4) is 0 Å². The largest absolute Gasteiger partial charge is 0.387 e. The molecule has 0 spiro atoms. The van der Waals surface area contributed by atoms with E-state index in [-0.39, 0.29) is 11.3 Å². The standard InChI is InChI=1S/C16H27N3/c1-5-19(14-9-7-13(2)8-10-14)12-6-11-16(3,4)15(17)18/h7-10H,5-6,11-12H2,1-4H3,(H3,17,18). The molecule has 0 aliphatic heterocycles. The number of amidine groups is 1. The maximum Gasteiger partial charge on any atom is 0.0963 e. The molecule has 0 saturated heterocycles. The first kappa shape index (κ1) is 15.5. The van der Waals surface area contributed by atoms with E-state index in [2.05, 4.69) is 43.0 Å². The number of nitrogens with one attached hydrogen (secondary N) is 1. The minimum Gasteiger partial charge on any atom is -0.387 e. The van der Waals surface area contributed by atoms with Gasteiger partial charge >= 0.3 is 0 Å². The smallest absolute Gasteiger partial charge is 0.0963 e. The van der Waals surface area contributed by atoms with E-state index in [9.17, 15) is 0 Å². The van der Waals surface area contributed by atoms with Crippen LogP contribution in [0.3, 0.4) is 0 Å². The fourth-order valence-electron chi connectivity index (χ4n) is 2.07. The van der Waals surface area contributed by atoms with Gasteiger partial charge in [0.05, 0.1) is 5.84 Å². The third-order valence-corrected chi connectivity index (χ3v) is 3.74. The summed E-state index contributed by atoms with van der Waals surface area (Å²) in [4.78, 5) is 2.37. The van der Waals surface area contributed by atoms with Gasteiger partial charge in [-0.3, -0.25) is 5.41 Å². The van der Waals surface area contributed by atoms with Crippen molar-refractivity contribution in [2.75, 3.05) is 18.0 Å². The van der Waals surface area contributed by atoms with Crippen LogP contribution in [0.1, 0.15) is 39.2 Å². The molecule has 0 saturated carbocycles. The molecule has 0 radical (unpaired) electrons. The van der Waals surface area contributed by atoms with Gasteiger partial charge in [0.2, 0.25) is 0 Å². The van der Waals surface area contributed by atoms with E-state index in [0.29, 0.717) is 0 Å². The van der Waals surface area contributed by atoms with E-state index in [1.54, 1.807) is 0 Å². The highest BCUT2D eigenvalue weighted by Gasteiger charge is 2.21. The highest BCUT2D eigenvalue weighted by molar-refractivity contribution is 5.82. The number of hydrogen-bond donors (Lipinski definition) is 2. The van der Waals surface area contributed by atoms with E-state index in [1.807, 2.05) is 13.8 Å². The fourth-order valence-corrected chi connectivity index (χ4v) is 2.07. The Morgan fingerprint density at radius 3 is 2.32 bits per heavy atom. The van der Waals surface area contributed by atoms with Crippen LogP contribution in [0.15, 0.2) is 24.3 Å². The van der Waals surface area contributed by atoms with Crippen molar-refractivity contribution in [3.63, 3.8) is 0 Å². The van der Waals surface area contributed by atoms with E-state index in [1.165, 1.54) is 11.3 Å². The van der Waals surface area contributed by atoms with Gasteiger partial charge in [-0.15, -0.1) is 0 Å². The maximum absolute atomic E-state index is 7.58. The Balaban J connectivity index is 2.54. The van der Waals surface area contributed by atoms with Crippen LogP contribution >= 0.6 is 0 Å². The van der Waals surface area contributed by atoms with Crippen molar-refractivity contribution in [3.05, 3.63) is 29.8 Å². The number of hydrogen-bond acceptors (Lipinski definition) is 2.